The van der Waals surface area contributed by atoms with Crippen LogP contribution in [-0.4, -0.2) is 24.1 Å². The van der Waals surface area contributed by atoms with E-state index in [2.05, 4.69) is 0 Å². The van der Waals surface area contributed by atoms with E-state index in [0.717, 1.165) is 6.42 Å². The van der Waals surface area contributed by atoms with Gasteiger partial charge in [0.05, 0.1) is 15.0 Å². The molecule has 5 nitrogen and oxygen atoms in total. The van der Waals surface area contributed by atoms with E-state index in [-0.39, 0.29) is 16.8 Å². The first-order valence-corrected chi connectivity index (χ1v) is 6.79. The average Bonchev–Trinajstić information content (AvgIpc) is 2.73. The molecule has 2 N–H and O–H groups in total. The Morgan fingerprint density at radius 3 is 2.63 bits per heavy atom. The van der Waals surface area contributed by atoms with Gasteiger partial charge in [-0.2, -0.15) is 0 Å². The lowest BCUT2D eigenvalue weighted by atomic mass is 10.1. The number of nitrogens with two attached hydrogens (primary N) is 1. The molecule has 19 heavy (non-hydrogen) atoms. The maximum atomic E-state index is 11.2. The van der Waals surface area contributed by atoms with E-state index >= 15 is 0 Å². The lowest BCUT2D eigenvalue weighted by Gasteiger charge is -2.24. The predicted molar refractivity (Wildman–Crippen MR) is 77.1 cm³/mol. The number of nitro benzene ring substituents is 1. The third kappa shape index (κ3) is 2.78. The van der Waals surface area contributed by atoms with Gasteiger partial charge in [0.15, 0.2) is 0 Å². The topological polar surface area (TPSA) is 72.4 Å². The molecule has 1 aliphatic rings. The lowest BCUT2D eigenvalue weighted by molar-refractivity contribution is -0.384. The zero-order chi connectivity index (χ0) is 14.2. The third-order valence-electron chi connectivity index (χ3n) is 3.52. The molecule has 1 heterocycles. The van der Waals surface area contributed by atoms with E-state index in [1.807, 2.05) is 11.8 Å². The number of hydrogen-bond acceptors (Lipinski definition) is 4. The minimum atomic E-state index is -0.431. The Labute approximate surface area is 121 Å². The molecule has 1 aliphatic heterocycles. The fourth-order valence-electron chi connectivity index (χ4n) is 2.55. The summed E-state index contributed by atoms with van der Waals surface area (Å²) in [4.78, 5) is 12.7. The third-order valence-corrected chi connectivity index (χ3v) is 4.24. The number of halogens is 2. The van der Waals surface area contributed by atoms with Crippen LogP contribution in [0.1, 0.15) is 13.3 Å². The maximum Gasteiger partial charge on any atom is 0.294 e. The van der Waals surface area contributed by atoms with Crippen molar-refractivity contribution >= 4 is 34.6 Å². The van der Waals surface area contributed by atoms with Crippen LogP contribution in [0, 0.1) is 16.0 Å². The average molecular weight is 304 g/mol. The van der Waals surface area contributed by atoms with E-state index in [9.17, 15) is 10.1 Å². The van der Waals surface area contributed by atoms with E-state index in [0.29, 0.717) is 29.7 Å². The van der Waals surface area contributed by atoms with Gasteiger partial charge in [-0.1, -0.05) is 23.2 Å². The van der Waals surface area contributed by atoms with Crippen LogP contribution in [0.5, 0.6) is 0 Å². The number of nitro groups is 1. The van der Waals surface area contributed by atoms with Crippen molar-refractivity contribution < 1.29 is 4.92 Å². The molecule has 0 spiro atoms. The van der Waals surface area contributed by atoms with Crippen LogP contribution >= 0.6 is 23.2 Å². The lowest BCUT2D eigenvalue weighted by Crippen LogP contribution is -2.28. The Kier molecular flexibility index (Phi) is 4.18. The number of anilines is 1. The largest absolute Gasteiger partial charge is 0.363 e. The summed E-state index contributed by atoms with van der Waals surface area (Å²) >= 11 is 11.8. The molecule has 2 atom stereocenters. The molecule has 2 rings (SSSR count). The number of benzene rings is 1. The first-order valence-electron chi connectivity index (χ1n) is 6.04. The van der Waals surface area contributed by atoms with Gasteiger partial charge in [0.25, 0.3) is 5.69 Å². The Balaban J connectivity index is 2.44. The van der Waals surface area contributed by atoms with Crippen molar-refractivity contribution in [2.45, 2.75) is 19.4 Å². The van der Waals surface area contributed by atoms with Gasteiger partial charge in [0, 0.05) is 18.7 Å². The van der Waals surface area contributed by atoms with Crippen LogP contribution in [0.15, 0.2) is 12.1 Å². The Morgan fingerprint density at radius 1 is 1.47 bits per heavy atom. The van der Waals surface area contributed by atoms with E-state index < -0.39 is 4.92 Å². The number of hydrogen-bond donors (Lipinski definition) is 1. The van der Waals surface area contributed by atoms with Crippen molar-refractivity contribution in [1.82, 2.24) is 0 Å². The fraction of sp³-hybridized carbons (Fsp3) is 0.500. The van der Waals surface area contributed by atoms with Crippen molar-refractivity contribution in [1.29, 1.82) is 0 Å². The summed E-state index contributed by atoms with van der Waals surface area (Å²) in [6.45, 7) is 3.31. The summed E-state index contributed by atoms with van der Waals surface area (Å²) in [5, 5.41) is 11.7. The summed E-state index contributed by atoms with van der Waals surface area (Å²) in [5.41, 5.74) is 6.18. The number of nitrogens with zero attached hydrogens (tertiary/aromatic N) is 2. The highest BCUT2D eigenvalue weighted by Gasteiger charge is 2.32. The predicted octanol–water partition coefficient (Wildman–Crippen LogP) is 3.08. The van der Waals surface area contributed by atoms with Crippen LogP contribution in [0.2, 0.25) is 10.0 Å². The Morgan fingerprint density at radius 2 is 2.11 bits per heavy atom. The van der Waals surface area contributed by atoms with Crippen molar-refractivity contribution in [2.24, 2.45) is 11.7 Å². The zero-order valence-electron chi connectivity index (χ0n) is 10.5. The minimum absolute atomic E-state index is 0.0149. The van der Waals surface area contributed by atoms with E-state index in [4.69, 9.17) is 28.9 Å². The van der Waals surface area contributed by atoms with Crippen molar-refractivity contribution in [3.63, 3.8) is 0 Å². The van der Waals surface area contributed by atoms with Gasteiger partial charge in [-0.3, -0.25) is 10.1 Å². The van der Waals surface area contributed by atoms with Gasteiger partial charge in [-0.25, -0.2) is 0 Å². The molecule has 1 fully saturated rings. The molecule has 0 amide bonds. The van der Waals surface area contributed by atoms with Crippen LogP contribution in [0.4, 0.5) is 11.4 Å². The minimum Gasteiger partial charge on any atom is -0.363 e. The highest BCUT2D eigenvalue weighted by molar-refractivity contribution is 6.42. The molecule has 104 valence electrons. The van der Waals surface area contributed by atoms with E-state index in [1.165, 1.54) is 6.07 Å². The summed E-state index contributed by atoms with van der Waals surface area (Å²) in [7, 11) is 0. The molecule has 0 aliphatic carbocycles. The van der Waals surface area contributed by atoms with Gasteiger partial charge < -0.3 is 10.6 Å². The van der Waals surface area contributed by atoms with Crippen LogP contribution in [-0.2, 0) is 0 Å². The molecule has 0 aromatic heterocycles. The van der Waals surface area contributed by atoms with Gasteiger partial charge in [0.1, 0.15) is 5.69 Å². The highest BCUT2D eigenvalue weighted by Crippen LogP contribution is 2.39. The maximum absolute atomic E-state index is 11.2. The molecule has 2 unspecified atom stereocenters. The summed E-state index contributed by atoms with van der Waals surface area (Å²) in [5.74, 6) is 0.351. The zero-order valence-corrected chi connectivity index (χ0v) is 12.0. The van der Waals surface area contributed by atoms with Crippen molar-refractivity contribution in [2.75, 3.05) is 18.0 Å². The van der Waals surface area contributed by atoms with Gasteiger partial charge >= 0.3 is 0 Å². The first-order chi connectivity index (χ1) is 8.93. The van der Waals surface area contributed by atoms with Crippen LogP contribution < -0.4 is 10.6 Å². The summed E-state index contributed by atoms with van der Waals surface area (Å²) < 4.78 is 0. The second-order valence-corrected chi connectivity index (χ2v) is 5.67. The molecule has 1 aromatic rings. The van der Waals surface area contributed by atoms with Crippen LogP contribution in [0.3, 0.4) is 0 Å². The quantitative estimate of drug-likeness (QED) is 0.688. The van der Waals surface area contributed by atoms with Gasteiger partial charge in [-0.15, -0.1) is 0 Å². The monoisotopic (exact) mass is 303 g/mol. The van der Waals surface area contributed by atoms with Crippen LogP contribution in [0.25, 0.3) is 0 Å². The van der Waals surface area contributed by atoms with Crippen molar-refractivity contribution in [3.05, 3.63) is 32.3 Å². The first kappa shape index (κ1) is 14.4. The normalized spacial score (nSPS) is 22.8. The molecule has 0 bridgehead atoms. The van der Waals surface area contributed by atoms with E-state index in [1.54, 1.807) is 6.07 Å². The molecule has 7 heteroatoms. The standard InChI is InChI=1S/C12H15Cl2N3O2/c1-7-2-8(5-15)6-16(7)11-3-9(13)10(14)4-12(11)17(18)19/h3-4,7-8H,2,5-6,15H2,1H3. The van der Waals surface area contributed by atoms with Crippen molar-refractivity contribution in [3.8, 4) is 0 Å². The Bertz CT molecular complexity index is 510. The molecule has 1 saturated heterocycles. The second kappa shape index (κ2) is 5.53. The smallest absolute Gasteiger partial charge is 0.294 e. The van der Waals surface area contributed by atoms with Gasteiger partial charge in [0.2, 0.25) is 0 Å². The number of rotatable bonds is 3. The molecule has 0 radical (unpaired) electrons. The SMILES string of the molecule is CC1CC(CN)CN1c1cc(Cl)c(Cl)cc1[N+](=O)[O-]. The summed E-state index contributed by atoms with van der Waals surface area (Å²) in [6, 6.07) is 3.07. The molecule has 0 saturated carbocycles. The molecule has 1 aromatic carbocycles. The Hall–Kier alpha value is -1.04. The second-order valence-electron chi connectivity index (χ2n) is 4.85. The molecular weight excluding hydrogens is 289 g/mol. The highest BCUT2D eigenvalue weighted by atomic mass is 35.5. The molecular formula is C12H15Cl2N3O2. The summed E-state index contributed by atoms with van der Waals surface area (Å²) in [6.07, 6.45) is 0.925. The fourth-order valence-corrected chi connectivity index (χ4v) is 2.87. The van der Waals surface area contributed by atoms with Gasteiger partial charge in [-0.05, 0) is 31.9 Å².